The van der Waals surface area contributed by atoms with E-state index in [1.807, 2.05) is 12.1 Å². The summed E-state index contributed by atoms with van der Waals surface area (Å²) in [6.07, 6.45) is -1.87. The van der Waals surface area contributed by atoms with Crippen LogP contribution in [0.25, 0.3) is 0 Å². The largest absolute Gasteiger partial charge is 0.426 e. The summed E-state index contributed by atoms with van der Waals surface area (Å²) in [6, 6.07) is 10.5. The highest BCUT2D eigenvalue weighted by molar-refractivity contribution is 5.65. The van der Waals surface area contributed by atoms with Crippen LogP contribution in [0.2, 0.25) is 0 Å². The summed E-state index contributed by atoms with van der Waals surface area (Å²) in [5, 5.41) is 8.65. The molecule has 0 aliphatic carbocycles. The summed E-state index contributed by atoms with van der Waals surface area (Å²) < 4.78 is 4.56. The van der Waals surface area contributed by atoms with Crippen LogP contribution in [0.15, 0.2) is 30.3 Å². The number of nitrogens with two attached hydrogens (primary N) is 1. The van der Waals surface area contributed by atoms with Crippen LogP contribution in [0.1, 0.15) is 11.7 Å². The summed E-state index contributed by atoms with van der Waals surface area (Å²) in [4.78, 5) is 10.4. The number of carbonyl (C=O) groups is 1. The normalized spacial score (nSPS) is 11.3. The highest BCUT2D eigenvalue weighted by atomic mass is 16.6. The summed E-state index contributed by atoms with van der Waals surface area (Å²) in [7, 11) is 0. The van der Waals surface area contributed by atoms with Gasteiger partial charge in [-0.3, -0.25) is 0 Å². The Hall–Kier alpha value is -2.02. The van der Waals surface area contributed by atoms with Crippen molar-refractivity contribution in [2.24, 2.45) is 5.73 Å². The first-order valence-corrected chi connectivity index (χ1v) is 3.64. The Labute approximate surface area is 75.5 Å². The van der Waals surface area contributed by atoms with Crippen molar-refractivity contribution in [2.45, 2.75) is 6.10 Å². The smallest absolute Gasteiger partial charge is 0.406 e. The van der Waals surface area contributed by atoms with Crippen LogP contribution in [0.4, 0.5) is 4.79 Å². The number of hydrogen-bond donors (Lipinski definition) is 1. The molecule has 1 rings (SSSR count). The fraction of sp³-hybridized carbons (Fsp3) is 0.111. The molecule has 1 atom stereocenters. The van der Waals surface area contributed by atoms with E-state index in [1.54, 1.807) is 24.3 Å². The molecule has 0 fully saturated rings. The number of amides is 1. The summed E-state index contributed by atoms with van der Waals surface area (Å²) in [5.41, 5.74) is 5.41. The second kappa shape index (κ2) is 4.12. The molecule has 4 heteroatoms. The van der Waals surface area contributed by atoms with E-state index in [0.29, 0.717) is 5.56 Å². The Kier molecular flexibility index (Phi) is 2.87. The van der Waals surface area contributed by atoms with Gasteiger partial charge in [-0.1, -0.05) is 30.3 Å². The van der Waals surface area contributed by atoms with Crippen LogP contribution >= 0.6 is 0 Å². The number of benzene rings is 1. The van der Waals surface area contributed by atoms with Gasteiger partial charge in [0.15, 0.2) is 0 Å². The van der Waals surface area contributed by atoms with E-state index < -0.39 is 12.2 Å². The van der Waals surface area contributed by atoms with Crippen LogP contribution in [-0.2, 0) is 4.74 Å². The first-order valence-electron chi connectivity index (χ1n) is 3.64. The van der Waals surface area contributed by atoms with Crippen molar-refractivity contribution in [3.63, 3.8) is 0 Å². The predicted molar refractivity (Wildman–Crippen MR) is 45.5 cm³/mol. The third-order valence-electron chi connectivity index (χ3n) is 1.45. The maximum atomic E-state index is 10.4. The molecule has 0 aliphatic rings. The van der Waals surface area contributed by atoms with Crippen molar-refractivity contribution in [2.75, 3.05) is 0 Å². The van der Waals surface area contributed by atoms with Crippen molar-refractivity contribution in [1.29, 1.82) is 5.26 Å². The highest BCUT2D eigenvalue weighted by Gasteiger charge is 2.12. The summed E-state index contributed by atoms with van der Waals surface area (Å²) in [5.74, 6) is 0. The van der Waals surface area contributed by atoms with E-state index in [9.17, 15) is 4.79 Å². The monoisotopic (exact) mass is 176 g/mol. The lowest BCUT2D eigenvalue weighted by atomic mass is 10.1. The van der Waals surface area contributed by atoms with E-state index in [0.717, 1.165) is 0 Å². The zero-order valence-electron chi connectivity index (χ0n) is 6.81. The van der Waals surface area contributed by atoms with Crippen LogP contribution in [-0.4, -0.2) is 6.09 Å². The standard InChI is InChI=1S/C9H8N2O2/c10-6-8(13-9(11)12)7-4-2-1-3-5-7/h1-5,8H,(H2,11,12)/t8-/m0/s1. The topological polar surface area (TPSA) is 76.1 Å². The number of nitriles is 1. The Morgan fingerprint density at radius 3 is 2.54 bits per heavy atom. The first kappa shape index (κ1) is 9.07. The summed E-state index contributed by atoms with van der Waals surface area (Å²) >= 11 is 0. The predicted octanol–water partition coefficient (Wildman–Crippen LogP) is 1.35. The quantitative estimate of drug-likeness (QED) is 0.738. The third kappa shape index (κ3) is 2.49. The second-order valence-corrected chi connectivity index (χ2v) is 2.36. The van der Waals surface area contributed by atoms with Gasteiger partial charge in [-0.05, 0) is 0 Å². The van der Waals surface area contributed by atoms with E-state index in [2.05, 4.69) is 4.74 Å². The van der Waals surface area contributed by atoms with E-state index in [4.69, 9.17) is 11.0 Å². The Morgan fingerprint density at radius 2 is 2.08 bits per heavy atom. The van der Waals surface area contributed by atoms with Crippen molar-refractivity contribution >= 4 is 6.09 Å². The molecule has 0 saturated heterocycles. The van der Waals surface area contributed by atoms with Crippen LogP contribution in [0.5, 0.6) is 0 Å². The Morgan fingerprint density at radius 1 is 1.46 bits per heavy atom. The molecule has 0 bridgehead atoms. The number of nitrogens with zero attached hydrogens (tertiary/aromatic N) is 1. The molecule has 66 valence electrons. The van der Waals surface area contributed by atoms with Crippen molar-refractivity contribution in [3.8, 4) is 6.07 Å². The molecule has 4 nitrogen and oxygen atoms in total. The van der Waals surface area contributed by atoms with Gasteiger partial charge in [0.05, 0.1) is 0 Å². The van der Waals surface area contributed by atoms with Crippen LogP contribution in [0.3, 0.4) is 0 Å². The number of carbonyl (C=O) groups excluding carboxylic acids is 1. The van der Waals surface area contributed by atoms with Gasteiger partial charge < -0.3 is 10.5 Å². The molecule has 0 spiro atoms. The minimum atomic E-state index is -0.949. The van der Waals surface area contributed by atoms with Crippen molar-refractivity contribution < 1.29 is 9.53 Å². The van der Waals surface area contributed by atoms with Crippen LogP contribution in [0, 0.1) is 11.3 Å². The fourth-order valence-corrected chi connectivity index (χ4v) is 0.913. The molecule has 0 saturated carbocycles. The number of primary amides is 1. The first-order chi connectivity index (χ1) is 6.24. The number of hydrogen-bond acceptors (Lipinski definition) is 3. The maximum absolute atomic E-state index is 10.4. The number of rotatable bonds is 2. The molecular formula is C9H8N2O2. The minimum Gasteiger partial charge on any atom is -0.426 e. The molecule has 0 heterocycles. The number of ether oxygens (including phenoxy) is 1. The molecule has 13 heavy (non-hydrogen) atoms. The molecule has 1 aromatic rings. The second-order valence-electron chi connectivity index (χ2n) is 2.36. The maximum Gasteiger partial charge on any atom is 0.406 e. The van der Waals surface area contributed by atoms with E-state index >= 15 is 0 Å². The van der Waals surface area contributed by atoms with Gasteiger partial charge in [0.2, 0.25) is 6.10 Å². The summed E-state index contributed by atoms with van der Waals surface area (Å²) in [6.45, 7) is 0. The molecule has 1 aromatic carbocycles. The van der Waals surface area contributed by atoms with Crippen molar-refractivity contribution in [1.82, 2.24) is 0 Å². The van der Waals surface area contributed by atoms with Gasteiger partial charge in [0.25, 0.3) is 0 Å². The van der Waals surface area contributed by atoms with Gasteiger partial charge in [-0.15, -0.1) is 0 Å². The fourth-order valence-electron chi connectivity index (χ4n) is 0.913. The van der Waals surface area contributed by atoms with Gasteiger partial charge in [-0.2, -0.15) is 5.26 Å². The Bertz CT molecular complexity index is 329. The van der Waals surface area contributed by atoms with Gasteiger partial charge >= 0.3 is 6.09 Å². The zero-order valence-corrected chi connectivity index (χ0v) is 6.81. The third-order valence-corrected chi connectivity index (χ3v) is 1.45. The molecule has 1 amide bonds. The molecule has 0 aliphatic heterocycles. The van der Waals surface area contributed by atoms with E-state index in [1.165, 1.54) is 0 Å². The van der Waals surface area contributed by atoms with Crippen LogP contribution < -0.4 is 5.73 Å². The van der Waals surface area contributed by atoms with E-state index in [-0.39, 0.29) is 0 Å². The molecule has 0 radical (unpaired) electrons. The average molecular weight is 176 g/mol. The molecule has 0 unspecified atom stereocenters. The average Bonchev–Trinajstić information content (AvgIpc) is 2.15. The minimum absolute atomic E-state index is 0.615. The highest BCUT2D eigenvalue weighted by Crippen LogP contribution is 2.15. The lowest BCUT2D eigenvalue weighted by molar-refractivity contribution is 0.133. The molecular weight excluding hydrogens is 168 g/mol. The zero-order chi connectivity index (χ0) is 9.68. The van der Waals surface area contributed by atoms with Gasteiger partial charge in [0, 0.05) is 5.56 Å². The lowest BCUT2D eigenvalue weighted by Gasteiger charge is -2.07. The lowest BCUT2D eigenvalue weighted by Crippen LogP contribution is -2.16. The molecule has 2 N–H and O–H groups in total. The van der Waals surface area contributed by atoms with Crippen molar-refractivity contribution in [3.05, 3.63) is 35.9 Å². The Balaban J connectivity index is 2.80. The molecule has 0 aromatic heterocycles. The van der Waals surface area contributed by atoms with Gasteiger partial charge in [0.1, 0.15) is 6.07 Å². The van der Waals surface area contributed by atoms with Gasteiger partial charge in [-0.25, -0.2) is 4.79 Å². The SMILES string of the molecule is N#C[C@H](OC(N)=O)c1ccccc1.